The highest BCUT2D eigenvalue weighted by Gasteiger charge is 2.13. The van der Waals surface area contributed by atoms with E-state index >= 15 is 0 Å². The maximum Gasteiger partial charge on any atom is 0.387 e. The van der Waals surface area contributed by atoms with E-state index in [2.05, 4.69) is 4.74 Å². The average Bonchev–Trinajstić information content (AvgIpc) is 2.46. The van der Waals surface area contributed by atoms with Crippen LogP contribution in [0.1, 0.15) is 15.9 Å². The molecular weight excluding hydrogens is 278 g/mol. The van der Waals surface area contributed by atoms with Gasteiger partial charge in [-0.25, -0.2) is 0 Å². The molecule has 0 saturated heterocycles. The maximum absolute atomic E-state index is 12.3. The number of benzene rings is 2. The van der Waals surface area contributed by atoms with Crippen molar-refractivity contribution in [3.05, 3.63) is 65.7 Å². The summed E-state index contributed by atoms with van der Waals surface area (Å²) >= 11 is 0. The lowest BCUT2D eigenvalue weighted by molar-refractivity contribution is -0.0501. The van der Waals surface area contributed by atoms with Crippen LogP contribution in [0.15, 0.2) is 54.6 Å². The van der Waals surface area contributed by atoms with Crippen LogP contribution in [0.3, 0.4) is 0 Å². The van der Waals surface area contributed by atoms with E-state index in [0.29, 0.717) is 5.56 Å². The molecule has 2 aromatic rings. The predicted molar refractivity (Wildman–Crippen MR) is 74.5 cm³/mol. The number of allylic oxidation sites excluding steroid dienone is 1. The van der Waals surface area contributed by atoms with Crippen LogP contribution in [-0.4, -0.2) is 17.5 Å². The number of phenolic OH excluding ortho intramolecular Hbond substituents is 1. The molecule has 0 unspecified atom stereocenters. The molecule has 2 aromatic carbocycles. The third kappa shape index (κ3) is 3.89. The quantitative estimate of drug-likeness (QED) is 0.671. The van der Waals surface area contributed by atoms with Crippen molar-refractivity contribution in [2.45, 2.75) is 6.61 Å². The van der Waals surface area contributed by atoms with E-state index in [9.17, 15) is 18.7 Å². The van der Waals surface area contributed by atoms with Crippen molar-refractivity contribution < 1.29 is 23.4 Å². The summed E-state index contributed by atoms with van der Waals surface area (Å²) in [7, 11) is 0. The van der Waals surface area contributed by atoms with Gasteiger partial charge in [0.05, 0.1) is 5.56 Å². The Bertz CT molecular complexity index is 666. The van der Waals surface area contributed by atoms with Crippen molar-refractivity contribution in [3.63, 3.8) is 0 Å². The molecule has 1 N–H and O–H groups in total. The minimum Gasteiger partial charge on any atom is -0.507 e. The number of rotatable bonds is 5. The highest BCUT2D eigenvalue weighted by Crippen LogP contribution is 2.22. The first-order chi connectivity index (χ1) is 10.1. The monoisotopic (exact) mass is 290 g/mol. The van der Waals surface area contributed by atoms with Crippen LogP contribution in [0.5, 0.6) is 11.5 Å². The SMILES string of the molecule is O=C(/C=C/c1ccccc1O)c1ccccc1OC(F)F. The lowest BCUT2D eigenvalue weighted by atomic mass is 10.1. The summed E-state index contributed by atoms with van der Waals surface area (Å²) in [4.78, 5) is 12.0. The number of halogens is 2. The number of carbonyl (C=O) groups is 1. The molecule has 0 radical (unpaired) electrons. The van der Waals surface area contributed by atoms with Crippen molar-refractivity contribution in [1.29, 1.82) is 0 Å². The van der Waals surface area contributed by atoms with Crippen LogP contribution < -0.4 is 4.74 Å². The fraction of sp³-hybridized carbons (Fsp3) is 0.0625. The van der Waals surface area contributed by atoms with Crippen LogP contribution in [0, 0.1) is 0 Å². The number of hydrogen-bond acceptors (Lipinski definition) is 3. The molecule has 21 heavy (non-hydrogen) atoms. The Morgan fingerprint density at radius 3 is 2.48 bits per heavy atom. The molecular formula is C16H12F2O3. The van der Waals surface area contributed by atoms with Crippen LogP contribution in [0.2, 0.25) is 0 Å². The van der Waals surface area contributed by atoms with Gasteiger partial charge in [-0.3, -0.25) is 4.79 Å². The zero-order chi connectivity index (χ0) is 15.2. The second kappa shape index (κ2) is 6.65. The maximum atomic E-state index is 12.3. The van der Waals surface area contributed by atoms with E-state index < -0.39 is 12.4 Å². The number of phenols is 1. The number of hydrogen-bond donors (Lipinski definition) is 1. The lowest BCUT2D eigenvalue weighted by Gasteiger charge is -2.07. The van der Waals surface area contributed by atoms with Gasteiger partial charge in [-0.2, -0.15) is 8.78 Å². The zero-order valence-corrected chi connectivity index (χ0v) is 10.9. The van der Waals surface area contributed by atoms with Crippen LogP contribution >= 0.6 is 0 Å². The first-order valence-electron chi connectivity index (χ1n) is 6.12. The largest absolute Gasteiger partial charge is 0.507 e. The van der Waals surface area contributed by atoms with Gasteiger partial charge in [-0.05, 0) is 30.4 Å². The molecule has 5 heteroatoms. The Morgan fingerprint density at radius 2 is 1.76 bits per heavy atom. The zero-order valence-electron chi connectivity index (χ0n) is 10.9. The van der Waals surface area contributed by atoms with Gasteiger partial charge >= 0.3 is 6.61 Å². The molecule has 0 saturated carbocycles. The third-order valence-electron chi connectivity index (χ3n) is 2.72. The van der Waals surface area contributed by atoms with Gasteiger partial charge in [-0.1, -0.05) is 30.3 Å². The highest BCUT2D eigenvalue weighted by molar-refractivity contribution is 6.08. The minimum absolute atomic E-state index is 0.0265. The van der Waals surface area contributed by atoms with E-state index in [0.717, 1.165) is 0 Å². The molecule has 0 aliphatic heterocycles. The number of ether oxygens (including phenoxy) is 1. The summed E-state index contributed by atoms with van der Waals surface area (Å²) in [6.45, 7) is -3.00. The Labute approximate surface area is 120 Å². The van der Waals surface area contributed by atoms with E-state index in [-0.39, 0.29) is 17.1 Å². The van der Waals surface area contributed by atoms with Crippen LogP contribution in [0.4, 0.5) is 8.78 Å². The van der Waals surface area contributed by atoms with Crippen molar-refractivity contribution in [2.75, 3.05) is 0 Å². The summed E-state index contributed by atoms with van der Waals surface area (Å²) in [5.74, 6) is -0.646. The predicted octanol–water partition coefficient (Wildman–Crippen LogP) is 3.89. The topological polar surface area (TPSA) is 46.5 Å². The fourth-order valence-electron chi connectivity index (χ4n) is 1.75. The Kier molecular flexibility index (Phi) is 4.66. The van der Waals surface area contributed by atoms with E-state index in [4.69, 9.17) is 0 Å². The Morgan fingerprint density at radius 1 is 1.10 bits per heavy atom. The van der Waals surface area contributed by atoms with Gasteiger partial charge < -0.3 is 9.84 Å². The number of aromatic hydroxyl groups is 1. The van der Waals surface area contributed by atoms with Gasteiger partial charge in [0.15, 0.2) is 5.78 Å². The number of ketones is 1. The highest BCUT2D eigenvalue weighted by atomic mass is 19.3. The lowest BCUT2D eigenvalue weighted by Crippen LogP contribution is -2.06. The first kappa shape index (κ1) is 14.7. The van der Waals surface area contributed by atoms with Crippen molar-refractivity contribution in [3.8, 4) is 11.5 Å². The smallest absolute Gasteiger partial charge is 0.387 e. The van der Waals surface area contributed by atoms with E-state index in [1.165, 1.54) is 36.4 Å². The molecule has 0 fully saturated rings. The normalized spacial score (nSPS) is 11.0. The van der Waals surface area contributed by atoms with Crippen molar-refractivity contribution >= 4 is 11.9 Å². The number of carbonyl (C=O) groups excluding carboxylic acids is 1. The Hall–Kier alpha value is -2.69. The molecule has 3 nitrogen and oxygen atoms in total. The molecule has 0 bridgehead atoms. The molecule has 2 rings (SSSR count). The molecule has 0 atom stereocenters. The molecule has 0 amide bonds. The van der Waals surface area contributed by atoms with Gasteiger partial charge in [0.1, 0.15) is 11.5 Å². The number of alkyl halides is 2. The van der Waals surface area contributed by atoms with E-state index in [1.807, 2.05) is 0 Å². The molecule has 0 aliphatic rings. The summed E-state index contributed by atoms with van der Waals surface area (Å²) in [5.41, 5.74) is 0.488. The molecule has 0 aliphatic carbocycles. The average molecular weight is 290 g/mol. The summed E-state index contributed by atoms with van der Waals surface area (Å²) in [6, 6.07) is 12.2. The van der Waals surface area contributed by atoms with Gasteiger partial charge in [0.25, 0.3) is 0 Å². The molecule has 0 heterocycles. The second-order valence-corrected chi connectivity index (χ2v) is 4.13. The van der Waals surface area contributed by atoms with Crippen molar-refractivity contribution in [2.24, 2.45) is 0 Å². The molecule has 0 spiro atoms. The summed E-state index contributed by atoms with van der Waals surface area (Å²) < 4.78 is 28.9. The molecule has 108 valence electrons. The van der Waals surface area contributed by atoms with Crippen molar-refractivity contribution in [1.82, 2.24) is 0 Å². The summed E-state index contributed by atoms with van der Waals surface area (Å²) in [5, 5.41) is 9.58. The van der Waals surface area contributed by atoms with Crippen LogP contribution in [-0.2, 0) is 0 Å². The van der Waals surface area contributed by atoms with E-state index in [1.54, 1.807) is 24.3 Å². The minimum atomic E-state index is -3.00. The van der Waals surface area contributed by atoms with Gasteiger partial charge in [-0.15, -0.1) is 0 Å². The first-order valence-corrected chi connectivity index (χ1v) is 6.12. The second-order valence-electron chi connectivity index (χ2n) is 4.13. The van der Waals surface area contributed by atoms with Crippen LogP contribution in [0.25, 0.3) is 6.08 Å². The molecule has 0 aromatic heterocycles. The van der Waals surface area contributed by atoms with Gasteiger partial charge in [0.2, 0.25) is 0 Å². The third-order valence-corrected chi connectivity index (χ3v) is 2.72. The fourth-order valence-corrected chi connectivity index (χ4v) is 1.75. The number of para-hydroxylation sites is 2. The van der Waals surface area contributed by atoms with Gasteiger partial charge in [0, 0.05) is 5.56 Å². The summed E-state index contributed by atoms with van der Waals surface area (Å²) in [6.07, 6.45) is 2.61. The standard InChI is InChI=1S/C16H12F2O3/c17-16(18)21-15-8-4-2-6-12(15)14(20)10-9-11-5-1-3-7-13(11)19/h1-10,16,19H/b10-9+. The Balaban J connectivity index is 2.23.